The molecule has 2 aromatic carbocycles. The molecular formula is C22H23FN4O4S. The van der Waals surface area contributed by atoms with Crippen molar-refractivity contribution in [3.05, 3.63) is 83.7 Å². The molecule has 2 N–H and O–H groups in total. The molecule has 168 valence electrons. The van der Waals surface area contributed by atoms with Gasteiger partial charge in [0.2, 0.25) is 15.9 Å². The number of carbonyl (C=O) groups is 2. The Balaban J connectivity index is 1.66. The second-order valence-corrected chi connectivity index (χ2v) is 8.91. The van der Waals surface area contributed by atoms with E-state index in [0.29, 0.717) is 11.4 Å². The molecule has 0 radical (unpaired) electrons. The summed E-state index contributed by atoms with van der Waals surface area (Å²) in [7, 11) is -2.12. The Hall–Kier alpha value is -3.37. The lowest BCUT2D eigenvalue weighted by Gasteiger charge is -2.20. The minimum atomic E-state index is -3.85. The molecule has 1 aromatic heterocycles. The molecule has 0 aliphatic heterocycles. The van der Waals surface area contributed by atoms with Crippen molar-refractivity contribution >= 4 is 21.7 Å². The van der Waals surface area contributed by atoms with E-state index in [4.69, 9.17) is 0 Å². The molecule has 3 aromatic rings. The first-order valence-corrected chi connectivity index (χ1v) is 11.3. The second kappa shape index (κ2) is 9.84. The molecule has 0 saturated carbocycles. The largest absolute Gasteiger partial charge is 0.342 e. The van der Waals surface area contributed by atoms with Crippen LogP contribution in [0.15, 0.2) is 65.8 Å². The molecule has 0 unspecified atom stereocenters. The van der Waals surface area contributed by atoms with Crippen molar-refractivity contribution in [1.82, 2.24) is 19.6 Å². The number of ketones is 1. The number of aryl methyl sites for hydroxylation is 1. The van der Waals surface area contributed by atoms with Gasteiger partial charge in [0, 0.05) is 43.5 Å². The number of rotatable bonds is 9. The summed E-state index contributed by atoms with van der Waals surface area (Å²) >= 11 is 0. The minimum absolute atomic E-state index is 0.0137. The summed E-state index contributed by atoms with van der Waals surface area (Å²) in [5.41, 5.74) is 0.651. The average Bonchev–Trinajstić information content (AvgIpc) is 3.18. The summed E-state index contributed by atoms with van der Waals surface area (Å²) < 4.78 is 43.3. The maximum absolute atomic E-state index is 14.4. The molecule has 8 nitrogen and oxygen atoms in total. The number of hydrogen-bond donors (Lipinski definition) is 2. The molecule has 0 bridgehead atoms. The van der Waals surface area contributed by atoms with E-state index in [1.165, 1.54) is 37.3 Å². The Morgan fingerprint density at radius 1 is 1.12 bits per heavy atom. The number of nitrogens with one attached hydrogen (secondary N) is 2. The second-order valence-electron chi connectivity index (χ2n) is 7.15. The van der Waals surface area contributed by atoms with Gasteiger partial charge in [-0.1, -0.05) is 30.3 Å². The lowest BCUT2D eigenvalue weighted by atomic mass is 10.1. The van der Waals surface area contributed by atoms with Crippen molar-refractivity contribution in [3.63, 3.8) is 0 Å². The molecule has 1 amide bonds. The molecular weight excluding hydrogens is 435 g/mol. The SMILES string of the molecule is CC(=O)c1ccc(S(=O)(=O)NCCC(=O)N[C@H](c2ccccc2F)c2nccn2C)cc1. The van der Waals surface area contributed by atoms with Crippen LogP contribution in [0.4, 0.5) is 4.39 Å². The van der Waals surface area contributed by atoms with Gasteiger partial charge in [0.15, 0.2) is 5.78 Å². The summed E-state index contributed by atoms with van der Waals surface area (Å²) in [5, 5.41) is 2.73. The van der Waals surface area contributed by atoms with Gasteiger partial charge in [-0.2, -0.15) is 0 Å². The Morgan fingerprint density at radius 3 is 2.41 bits per heavy atom. The summed E-state index contributed by atoms with van der Waals surface area (Å²) in [6.45, 7) is 1.23. The van der Waals surface area contributed by atoms with Crippen LogP contribution in [-0.4, -0.2) is 36.2 Å². The zero-order valence-electron chi connectivity index (χ0n) is 17.6. The molecule has 0 aliphatic carbocycles. The highest BCUT2D eigenvalue weighted by Crippen LogP contribution is 2.23. The highest BCUT2D eigenvalue weighted by molar-refractivity contribution is 7.89. The minimum Gasteiger partial charge on any atom is -0.342 e. The van der Waals surface area contributed by atoms with Crippen molar-refractivity contribution < 1.29 is 22.4 Å². The zero-order chi connectivity index (χ0) is 23.3. The van der Waals surface area contributed by atoms with Gasteiger partial charge in [-0.25, -0.2) is 22.5 Å². The molecule has 10 heteroatoms. The summed E-state index contributed by atoms with van der Waals surface area (Å²) in [6.07, 6.45) is 3.06. The molecule has 0 spiro atoms. The Morgan fingerprint density at radius 2 is 1.81 bits per heavy atom. The van der Waals surface area contributed by atoms with E-state index in [0.717, 1.165) is 0 Å². The van der Waals surface area contributed by atoms with E-state index in [-0.39, 0.29) is 29.2 Å². The number of nitrogens with zero attached hydrogens (tertiary/aromatic N) is 2. The van der Waals surface area contributed by atoms with Gasteiger partial charge in [0.05, 0.1) is 4.90 Å². The van der Waals surface area contributed by atoms with Crippen LogP contribution in [0.1, 0.15) is 41.1 Å². The summed E-state index contributed by atoms with van der Waals surface area (Å²) in [6, 6.07) is 10.7. The molecule has 0 fully saturated rings. The number of aromatic nitrogens is 2. The lowest BCUT2D eigenvalue weighted by Crippen LogP contribution is -2.34. The fourth-order valence-corrected chi connectivity index (χ4v) is 4.16. The molecule has 1 atom stereocenters. The van der Waals surface area contributed by atoms with E-state index in [1.54, 1.807) is 42.2 Å². The third kappa shape index (κ3) is 5.45. The number of benzene rings is 2. The van der Waals surface area contributed by atoms with Gasteiger partial charge in [0.25, 0.3) is 0 Å². The highest BCUT2D eigenvalue weighted by atomic mass is 32.2. The molecule has 0 saturated heterocycles. The average molecular weight is 459 g/mol. The number of carbonyl (C=O) groups excluding carboxylic acids is 2. The first kappa shape index (κ1) is 23.3. The van der Waals surface area contributed by atoms with Gasteiger partial charge < -0.3 is 9.88 Å². The van der Waals surface area contributed by atoms with Crippen LogP contribution < -0.4 is 10.0 Å². The van der Waals surface area contributed by atoms with Crippen molar-refractivity contribution in [1.29, 1.82) is 0 Å². The van der Waals surface area contributed by atoms with E-state index in [1.807, 2.05) is 0 Å². The summed E-state index contributed by atoms with van der Waals surface area (Å²) in [5.74, 6) is -0.698. The van der Waals surface area contributed by atoms with Crippen molar-refractivity contribution in [3.8, 4) is 0 Å². The summed E-state index contributed by atoms with van der Waals surface area (Å²) in [4.78, 5) is 28.1. The maximum Gasteiger partial charge on any atom is 0.240 e. The Kier molecular flexibility index (Phi) is 7.16. The van der Waals surface area contributed by atoms with E-state index in [2.05, 4.69) is 15.0 Å². The standard InChI is InChI=1S/C22H23FN4O4S/c1-15(28)16-7-9-17(10-8-16)32(30,31)25-12-11-20(29)26-21(22-24-13-14-27(22)2)18-5-3-4-6-19(18)23/h3-10,13-14,21,25H,11-12H2,1-2H3,(H,26,29)/t21-/m1/s1. The fourth-order valence-electron chi connectivity index (χ4n) is 3.13. The topological polar surface area (TPSA) is 110 Å². The Bertz CT molecular complexity index is 1220. The zero-order valence-corrected chi connectivity index (χ0v) is 18.4. The number of hydrogen-bond acceptors (Lipinski definition) is 5. The molecule has 0 aliphatic rings. The van der Waals surface area contributed by atoms with Crippen LogP contribution in [-0.2, 0) is 21.9 Å². The van der Waals surface area contributed by atoms with Crippen LogP contribution in [0.2, 0.25) is 0 Å². The van der Waals surface area contributed by atoms with Crippen molar-refractivity contribution in [2.24, 2.45) is 7.05 Å². The third-order valence-electron chi connectivity index (χ3n) is 4.85. The molecule has 3 rings (SSSR count). The van der Waals surface area contributed by atoms with E-state index >= 15 is 0 Å². The van der Waals surface area contributed by atoms with Gasteiger partial charge in [-0.15, -0.1) is 0 Å². The van der Waals surface area contributed by atoms with Gasteiger partial charge in [0.1, 0.15) is 17.7 Å². The van der Waals surface area contributed by atoms with Crippen LogP contribution in [0, 0.1) is 5.82 Å². The number of Topliss-reactive ketones (excluding diaryl/α,β-unsaturated/α-hetero) is 1. The first-order valence-electron chi connectivity index (χ1n) is 9.80. The predicted octanol–water partition coefficient (Wildman–Crippen LogP) is 2.34. The molecule has 1 heterocycles. The van der Waals surface area contributed by atoms with Crippen LogP contribution in [0.5, 0.6) is 0 Å². The monoisotopic (exact) mass is 458 g/mol. The Labute approximate surface area is 185 Å². The molecule has 32 heavy (non-hydrogen) atoms. The lowest BCUT2D eigenvalue weighted by molar-refractivity contribution is -0.121. The van der Waals surface area contributed by atoms with Gasteiger partial charge in [-0.3, -0.25) is 9.59 Å². The van der Waals surface area contributed by atoms with E-state index in [9.17, 15) is 22.4 Å². The van der Waals surface area contributed by atoms with E-state index < -0.39 is 27.8 Å². The van der Waals surface area contributed by atoms with Gasteiger partial charge >= 0.3 is 0 Å². The normalized spacial score (nSPS) is 12.3. The third-order valence-corrected chi connectivity index (χ3v) is 6.33. The number of amides is 1. The van der Waals surface area contributed by atoms with Crippen molar-refractivity contribution in [2.45, 2.75) is 24.3 Å². The van der Waals surface area contributed by atoms with Crippen LogP contribution in [0.3, 0.4) is 0 Å². The number of imidazole rings is 1. The number of sulfonamides is 1. The number of halogens is 1. The maximum atomic E-state index is 14.4. The predicted molar refractivity (Wildman–Crippen MR) is 116 cm³/mol. The smallest absolute Gasteiger partial charge is 0.240 e. The van der Waals surface area contributed by atoms with Crippen LogP contribution >= 0.6 is 0 Å². The first-order chi connectivity index (χ1) is 15.2. The fraction of sp³-hybridized carbons (Fsp3) is 0.227. The van der Waals surface area contributed by atoms with Gasteiger partial charge in [-0.05, 0) is 25.1 Å². The van der Waals surface area contributed by atoms with Crippen molar-refractivity contribution in [2.75, 3.05) is 6.54 Å². The van der Waals surface area contributed by atoms with Crippen LogP contribution in [0.25, 0.3) is 0 Å². The highest BCUT2D eigenvalue weighted by Gasteiger charge is 2.23. The quantitative estimate of drug-likeness (QED) is 0.478.